The summed E-state index contributed by atoms with van der Waals surface area (Å²) < 4.78 is 1.54. The molecule has 1 fully saturated rings. The van der Waals surface area contributed by atoms with Gasteiger partial charge >= 0.3 is 111 Å². The Labute approximate surface area is 111 Å². The molecule has 0 heterocycles. The Bertz CT molecular complexity index is 430. The zero-order valence-corrected chi connectivity index (χ0v) is 12.4. The van der Waals surface area contributed by atoms with Crippen molar-refractivity contribution in [2.24, 2.45) is 17.3 Å². The van der Waals surface area contributed by atoms with E-state index in [-0.39, 0.29) is 0 Å². The van der Waals surface area contributed by atoms with Gasteiger partial charge in [0.2, 0.25) is 0 Å². The molecule has 1 aromatic carbocycles. The quantitative estimate of drug-likeness (QED) is 0.591. The van der Waals surface area contributed by atoms with Gasteiger partial charge in [0.15, 0.2) is 0 Å². The molecule has 2 atom stereocenters. The van der Waals surface area contributed by atoms with E-state index >= 15 is 0 Å². The van der Waals surface area contributed by atoms with E-state index in [9.17, 15) is 0 Å². The summed E-state index contributed by atoms with van der Waals surface area (Å²) in [6.07, 6.45) is 5.35. The second-order valence-corrected chi connectivity index (χ2v) is 8.12. The SMILES string of the molecule is CC1(C)C2CC=C(C[Se]c3ccccc3)C1C2. The molecule has 2 unspecified atom stereocenters. The first-order valence-corrected chi connectivity index (χ1v) is 8.61. The van der Waals surface area contributed by atoms with Crippen molar-refractivity contribution < 1.29 is 0 Å². The molecule has 0 spiro atoms. The Balaban J connectivity index is 1.65. The number of rotatable bonds is 3. The van der Waals surface area contributed by atoms with Gasteiger partial charge in [-0.2, -0.15) is 0 Å². The van der Waals surface area contributed by atoms with Crippen molar-refractivity contribution in [1.82, 2.24) is 0 Å². The number of benzene rings is 1. The van der Waals surface area contributed by atoms with Crippen LogP contribution in [0.25, 0.3) is 0 Å². The van der Waals surface area contributed by atoms with Gasteiger partial charge in [0.05, 0.1) is 0 Å². The number of fused-ring (bicyclic) bond motifs is 1. The number of hydrogen-bond donors (Lipinski definition) is 0. The van der Waals surface area contributed by atoms with Crippen LogP contribution in [0.2, 0.25) is 5.32 Å². The summed E-state index contributed by atoms with van der Waals surface area (Å²) >= 11 is 0.631. The average Bonchev–Trinajstić information content (AvgIpc) is 2.37. The van der Waals surface area contributed by atoms with Gasteiger partial charge in [-0.15, -0.1) is 0 Å². The molecule has 0 radical (unpaired) electrons. The van der Waals surface area contributed by atoms with Crippen molar-refractivity contribution in [3.05, 3.63) is 42.0 Å². The van der Waals surface area contributed by atoms with Gasteiger partial charge < -0.3 is 0 Å². The van der Waals surface area contributed by atoms with E-state index in [2.05, 4.69) is 50.3 Å². The summed E-state index contributed by atoms with van der Waals surface area (Å²) in [6, 6.07) is 11.0. The monoisotopic (exact) mass is 292 g/mol. The fourth-order valence-electron chi connectivity index (χ4n) is 3.32. The predicted octanol–water partition coefficient (Wildman–Crippen LogP) is 3.43. The second-order valence-electron chi connectivity index (χ2n) is 5.92. The first-order valence-electron chi connectivity index (χ1n) is 6.54. The zero-order valence-electron chi connectivity index (χ0n) is 10.6. The minimum atomic E-state index is 0.594. The summed E-state index contributed by atoms with van der Waals surface area (Å²) in [4.78, 5) is 0. The van der Waals surface area contributed by atoms with E-state index in [0.29, 0.717) is 20.4 Å². The molecule has 2 bridgehead atoms. The molecular weight excluding hydrogens is 271 g/mol. The summed E-state index contributed by atoms with van der Waals surface area (Å²) in [5.41, 5.74) is 2.36. The van der Waals surface area contributed by atoms with Crippen molar-refractivity contribution >= 4 is 19.4 Å². The van der Waals surface area contributed by atoms with E-state index in [1.807, 2.05) is 0 Å². The first-order chi connectivity index (χ1) is 8.18. The van der Waals surface area contributed by atoms with Crippen LogP contribution in [0.4, 0.5) is 0 Å². The van der Waals surface area contributed by atoms with E-state index in [1.165, 1.54) is 18.2 Å². The van der Waals surface area contributed by atoms with Crippen molar-refractivity contribution in [1.29, 1.82) is 0 Å². The van der Waals surface area contributed by atoms with Crippen LogP contribution < -0.4 is 4.46 Å². The van der Waals surface area contributed by atoms with Crippen LogP contribution in [-0.4, -0.2) is 15.0 Å². The number of hydrogen-bond acceptors (Lipinski definition) is 0. The summed E-state index contributed by atoms with van der Waals surface area (Å²) in [5.74, 6) is 1.87. The predicted molar refractivity (Wildman–Crippen MR) is 74.7 cm³/mol. The molecule has 0 aliphatic heterocycles. The van der Waals surface area contributed by atoms with Crippen LogP contribution >= 0.6 is 0 Å². The summed E-state index contributed by atoms with van der Waals surface area (Å²) in [7, 11) is 0. The maximum absolute atomic E-state index is 2.55. The van der Waals surface area contributed by atoms with E-state index < -0.39 is 0 Å². The zero-order chi connectivity index (χ0) is 11.9. The van der Waals surface area contributed by atoms with Crippen molar-refractivity contribution in [2.45, 2.75) is 32.0 Å². The molecular formula is C16H20Se. The normalized spacial score (nSPS) is 29.4. The van der Waals surface area contributed by atoms with Crippen molar-refractivity contribution in [3.63, 3.8) is 0 Å². The maximum atomic E-state index is 2.55. The Kier molecular flexibility index (Phi) is 2.92. The van der Waals surface area contributed by atoms with Gasteiger partial charge in [0.25, 0.3) is 0 Å². The van der Waals surface area contributed by atoms with Crippen LogP contribution in [0, 0.1) is 17.3 Å². The molecule has 1 aromatic rings. The van der Waals surface area contributed by atoms with E-state index in [0.717, 1.165) is 11.8 Å². The van der Waals surface area contributed by atoms with Crippen LogP contribution in [-0.2, 0) is 0 Å². The molecule has 0 saturated heterocycles. The van der Waals surface area contributed by atoms with Crippen LogP contribution in [0.5, 0.6) is 0 Å². The van der Waals surface area contributed by atoms with Gasteiger partial charge in [0, 0.05) is 0 Å². The fourth-order valence-corrected chi connectivity index (χ4v) is 5.43. The van der Waals surface area contributed by atoms with E-state index in [4.69, 9.17) is 0 Å². The molecule has 0 nitrogen and oxygen atoms in total. The first kappa shape index (κ1) is 11.6. The average molecular weight is 291 g/mol. The van der Waals surface area contributed by atoms with E-state index in [1.54, 1.807) is 10.0 Å². The molecule has 3 aliphatic carbocycles. The number of allylic oxidation sites excluding steroid dienone is 2. The van der Waals surface area contributed by atoms with Crippen LogP contribution in [0.3, 0.4) is 0 Å². The Morgan fingerprint density at radius 1 is 1.24 bits per heavy atom. The molecule has 1 saturated carbocycles. The molecule has 3 aliphatic rings. The van der Waals surface area contributed by atoms with Gasteiger partial charge in [-0.25, -0.2) is 0 Å². The Morgan fingerprint density at radius 3 is 2.65 bits per heavy atom. The van der Waals surface area contributed by atoms with Crippen LogP contribution in [0.1, 0.15) is 26.7 Å². The molecule has 0 amide bonds. The Hall–Kier alpha value is -0.521. The molecule has 0 N–H and O–H groups in total. The molecule has 90 valence electrons. The van der Waals surface area contributed by atoms with Gasteiger partial charge in [0.1, 0.15) is 0 Å². The minimum absolute atomic E-state index is 0.594. The molecule has 1 heteroatoms. The third kappa shape index (κ3) is 2.00. The van der Waals surface area contributed by atoms with Gasteiger partial charge in [-0.05, 0) is 0 Å². The van der Waals surface area contributed by atoms with Crippen molar-refractivity contribution in [2.75, 3.05) is 0 Å². The third-order valence-corrected chi connectivity index (χ3v) is 7.00. The molecule has 17 heavy (non-hydrogen) atoms. The topological polar surface area (TPSA) is 0 Å². The second kappa shape index (κ2) is 4.30. The third-order valence-electron chi connectivity index (χ3n) is 4.73. The summed E-state index contributed by atoms with van der Waals surface area (Å²) in [6.45, 7) is 4.93. The molecule has 4 rings (SSSR count). The van der Waals surface area contributed by atoms with Crippen LogP contribution in [0.15, 0.2) is 42.0 Å². The van der Waals surface area contributed by atoms with Gasteiger partial charge in [-0.3, -0.25) is 0 Å². The fraction of sp³-hybridized carbons (Fsp3) is 0.500. The molecule has 0 aromatic heterocycles. The Morgan fingerprint density at radius 2 is 2.00 bits per heavy atom. The van der Waals surface area contributed by atoms with Gasteiger partial charge in [-0.1, -0.05) is 0 Å². The summed E-state index contributed by atoms with van der Waals surface area (Å²) in [5, 5.41) is 1.33. The standard InChI is InChI=1S/C16H20Se/c1-16(2)13-9-8-12(15(16)10-13)11-17-14-6-4-3-5-7-14/h3-8,13,15H,9-11H2,1-2H3. The van der Waals surface area contributed by atoms with Crippen molar-refractivity contribution in [3.8, 4) is 0 Å².